The van der Waals surface area contributed by atoms with E-state index in [1.165, 1.54) is 0 Å². The van der Waals surface area contributed by atoms with E-state index < -0.39 is 0 Å². The molecule has 0 unspecified atom stereocenters. The Labute approximate surface area is 157 Å². The topological polar surface area (TPSA) is 53.9 Å². The number of amides is 1. The molecule has 126 valence electrons. The largest absolute Gasteiger partial charge is 0.483 e. The van der Waals surface area contributed by atoms with Gasteiger partial charge in [-0.2, -0.15) is 5.10 Å². The molecule has 0 radical (unpaired) electrons. The third kappa shape index (κ3) is 5.65. The smallest absolute Gasteiger partial charge is 0.277 e. The first-order valence-electron chi connectivity index (χ1n) is 7.13. The third-order valence-corrected chi connectivity index (χ3v) is 4.18. The lowest BCUT2D eigenvalue weighted by Crippen LogP contribution is -2.24. The lowest BCUT2D eigenvalue weighted by atomic mass is 10.2. The molecule has 1 amide bonds. The van der Waals surface area contributed by atoms with Gasteiger partial charge in [-0.3, -0.25) is 4.79 Å². The van der Waals surface area contributed by atoms with E-state index >= 15 is 0 Å². The molecule has 2 aromatic rings. The summed E-state index contributed by atoms with van der Waals surface area (Å²) in [4.78, 5) is 13.8. The minimum Gasteiger partial charge on any atom is -0.483 e. The van der Waals surface area contributed by atoms with Crippen LogP contribution in [0.4, 0.5) is 5.69 Å². The standard InChI is InChI=1S/C17H17Br2N3O2/c1-22(2)14-6-3-12(4-7-14)10-20-21-17(23)11-24-16-8-5-13(18)9-15(16)19/h3-10H,11H2,1-2H3,(H,21,23). The van der Waals surface area contributed by atoms with Crippen molar-refractivity contribution in [3.63, 3.8) is 0 Å². The van der Waals surface area contributed by atoms with Gasteiger partial charge in [-0.25, -0.2) is 5.43 Å². The second-order valence-electron chi connectivity index (χ2n) is 5.14. The molecule has 24 heavy (non-hydrogen) atoms. The molecule has 2 rings (SSSR count). The average molecular weight is 455 g/mol. The molecule has 0 spiro atoms. The number of hydrogen-bond donors (Lipinski definition) is 1. The van der Waals surface area contributed by atoms with Crippen molar-refractivity contribution in [2.45, 2.75) is 0 Å². The fourth-order valence-electron chi connectivity index (χ4n) is 1.81. The summed E-state index contributed by atoms with van der Waals surface area (Å²) < 4.78 is 7.14. The molecule has 0 saturated carbocycles. The highest BCUT2D eigenvalue weighted by Gasteiger charge is 2.05. The molecule has 0 heterocycles. The predicted octanol–water partition coefficient (Wildman–Crippen LogP) is 3.81. The summed E-state index contributed by atoms with van der Waals surface area (Å²) in [5.41, 5.74) is 4.44. The lowest BCUT2D eigenvalue weighted by molar-refractivity contribution is -0.123. The number of nitrogens with zero attached hydrogens (tertiary/aromatic N) is 2. The highest BCUT2D eigenvalue weighted by Crippen LogP contribution is 2.28. The fraction of sp³-hybridized carbons (Fsp3) is 0.176. The van der Waals surface area contributed by atoms with Crippen LogP contribution in [-0.4, -0.2) is 32.8 Å². The first-order valence-corrected chi connectivity index (χ1v) is 8.71. The summed E-state index contributed by atoms with van der Waals surface area (Å²) in [6.07, 6.45) is 1.59. The van der Waals surface area contributed by atoms with Gasteiger partial charge in [0.25, 0.3) is 5.91 Å². The molecule has 0 atom stereocenters. The van der Waals surface area contributed by atoms with Gasteiger partial charge in [0.15, 0.2) is 6.61 Å². The summed E-state index contributed by atoms with van der Waals surface area (Å²) in [6.45, 7) is -0.114. The number of halogens is 2. The van der Waals surface area contributed by atoms with Gasteiger partial charge < -0.3 is 9.64 Å². The minimum atomic E-state index is -0.328. The zero-order chi connectivity index (χ0) is 17.5. The van der Waals surface area contributed by atoms with E-state index in [2.05, 4.69) is 42.4 Å². The van der Waals surface area contributed by atoms with Crippen molar-refractivity contribution >= 4 is 49.7 Å². The molecule has 0 fully saturated rings. The van der Waals surface area contributed by atoms with Gasteiger partial charge in [0.05, 0.1) is 10.7 Å². The Hall–Kier alpha value is -1.86. The summed E-state index contributed by atoms with van der Waals surface area (Å²) in [7, 11) is 3.96. The van der Waals surface area contributed by atoms with Crippen LogP contribution in [0.25, 0.3) is 0 Å². The van der Waals surface area contributed by atoms with Crippen LogP contribution >= 0.6 is 31.9 Å². The van der Waals surface area contributed by atoms with Gasteiger partial charge in [-0.05, 0) is 51.8 Å². The SMILES string of the molecule is CN(C)c1ccc(C=NNC(=O)COc2ccc(Br)cc2Br)cc1. The Kier molecular flexibility index (Phi) is 6.81. The number of hydrogen-bond acceptors (Lipinski definition) is 4. The Morgan fingerprint density at radius 3 is 2.54 bits per heavy atom. The van der Waals surface area contributed by atoms with Crippen molar-refractivity contribution in [3.8, 4) is 5.75 Å². The van der Waals surface area contributed by atoms with Crippen LogP contribution in [0, 0.1) is 0 Å². The molecule has 0 bridgehead atoms. The van der Waals surface area contributed by atoms with E-state index in [4.69, 9.17) is 4.74 Å². The van der Waals surface area contributed by atoms with Gasteiger partial charge in [-0.15, -0.1) is 0 Å². The van der Waals surface area contributed by atoms with Crippen LogP contribution in [0.1, 0.15) is 5.56 Å². The molecule has 7 heteroatoms. The van der Waals surface area contributed by atoms with Crippen LogP contribution in [-0.2, 0) is 4.79 Å². The van der Waals surface area contributed by atoms with Crippen molar-refractivity contribution in [2.75, 3.05) is 25.6 Å². The molecule has 5 nitrogen and oxygen atoms in total. The first kappa shape index (κ1) is 18.5. The van der Waals surface area contributed by atoms with Crippen LogP contribution in [0.3, 0.4) is 0 Å². The Balaban J connectivity index is 1.82. The second kappa shape index (κ2) is 8.84. The van der Waals surface area contributed by atoms with Crippen molar-refractivity contribution in [3.05, 3.63) is 57.0 Å². The average Bonchev–Trinajstić information content (AvgIpc) is 2.54. The number of benzene rings is 2. The molecule has 0 aliphatic carbocycles. The number of rotatable bonds is 6. The van der Waals surface area contributed by atoms with E-state index in [-0.39, 0.29) is 12.5 Å². The van der Waals surface area contributed by atoms with E-state index in [1.807, 2.05) is 55.4 Å². The monoisotopic (exact) mass is 453 g/mol. The molecule has 0 aromatic heterocycles. The quantitative estimate of drug-likeness (QED) is 0.533. The minimum absolute atomic E-state index is 0.114. The van der Waals surface area contributed by atoms with Crippen molar-refractivity contribution in [1.29, 1.82) is 0 Å². The van der Waals surface area contributed by atoms with Crippen LogP contribution in [0.15, 0.2) is 56.5 Å². The van der Waals surface area contributed by atoms with Gasteiger partial charge in [0.1, 0.15) is 5.75 Å². The van der Waals surface area contributed by atoms with Crippen LogP contribution in [0.5, 0.6) is 5.75 Å². The highest BCUT2D eigenvalue weighted by atomic mass is 79.9. The van der Waals surface area contributed by atoms with Crippen molar-refractivity contribution in [2.24, 2.45) is 5.10 Å². The Bertz CT molecular complexity index is 731. The number of anilines is 1. The third-order valence-electron chi connectivity index (χ3n) is 3.07. The highest BCUT2D eigenvalue weighted by molar-refractivity contribution is 9.11. The van der Waals surface area contributed by atoms with E-state index in [0.717, 1.165) is 20.2 Å². The zero-order valence-corrected chi connectivity index (χ0v) is 16.5. The Morgan fingerprint density at radius 2 is 1.92 bits per heavy atom. The van der Waals surface area contributed by atoms with Crippen molar-refractivity contribution < 1.29 is 9.53 Å². The van der Waals surface area contributed by atoms with Crippen molar-refractivity contribution in [1.82, 2.24) is 5.43 Å². The van der Waals surface area contributed by atoms with Gasteiger partial charge >= 0.3 is 0 Å². The number of carbonyl (C=O) groups excluding carboxylic acids is 1. The number of ether oxygens (including phenoxy) is 1. The Morgan fingerprint density at radius 1 is 1.21 bits per heavy atom. The van der Waals surface area contributed by atoms with E-state index in [9.17, 15) is 4.79 Å². The predicted molar refractivity (Wildman–Crippen MR) is 104 cm³/mol. The number of nitrogens with one attached hydrogen (secondary N) is 1. The van der Waals surface area contributed by atoms with Gasteiger partial charge in [-0.1, -0.05) is 28.1 Å². The number of hydrazone groups is 1. The maximum atomic E-state index is 11.7. The van der Waals surface area contributed by atoms with Crippen LogP contribution in [0.2, 0.25) is 0 Å². The summed E-state index contributed by atoms with van der Waals surface area (Å²) >= 11 is 6.73. The normalized spacial score (nSPS) is 10.7. The molecular formula is C17H17Br2N3O2. The van der Waals surface area contributed by atoms with E-state index in [0.29, 0.717) is 5.75 Å². The maximum absolute atomic E-state index is 11.7. The summed E-state index contributed by atoms with van der Waals surface area (Å²) in [5.74, 6) is 0.266. The molecule has 0 saturated heterocycles. The van der Waals surface area contributed by atoms with Crippen LogP contribution < -0.4 is 15.1 Å². The molecule has 1 N–H and O–H groups in total. The molecule has 2 aromatic carbocycles. The van der Waals surface area contributed by atoms with Gasteiger partial charge in [0.2, 0.25) is 0 Å². The number of carbonyl (C=O) groups is 1. The first-order chi connectivity index (χ1) is 11.5. The summed E-state index contributed by atoms with van der Waals surface area (Å²) in [6, 6.07) is 13.3. The molecular weight excluding hydrogens is 438 g/mol. The second-order valence-corrected chi connectivity index (χ2v) is 6.91. The summed E-state index contributed by atoms with van der Waals surface area (Å²) in [5, 5.41) is 3.93. The van der Waals surface area contributed by atoms with E-state index in [1.54, 1.807) is 12.3 Å². The molecule has 0 aliphatic rings. The molecule has 0 aliphatic heterocycles. The lowest BCUT2D eigenvalue weighted by Gasteiger charge is -2.11. The fourth-order valence-corrected chi connectivity index (χ4v) is 2.97. The zero-order valence-electron chi connectivity index (χ0n) is 13.3. The van der Waals surface area contributed by atoms with Gasteiger partial charge in [0, 0.05) is 24.3 Å². The maximum Gasteiger partial charge on any atom is 0.277 e.